The number of rotatable bonds is 5. The van der Waals surface area contributed by atoms with Crippen molar-refractivity contribution in [1.82, 2.24) is 19.9 Å². The minimum Gasteiger partial charge on any atom is -0.392 e. The van der Waals surface area contributed by atoms with E-state index in [4.69, 9.17) is 11.6 Å². The molecule has 2 heterocycles. The zero-order valence-electron chi connectivity index (χ0n) is 15.2. The number of hydrogen-bond donors (Lipinski definition) is 3. The molecule has 0 aliphatic rings. The van der Waals surface area contributed by atoms with Gasteiger partial charge >= 0.3 is 0 Å². The molecule has 0 aliphatic carbocycles. The van der Waals surface area contributed by atoms with Crippen molar-refractivity contribution in [3.05, 3.63) is 47.0 Å². The van der Waals surface area contributed by atoms with Gasteiger partial charge in [0.05, 0.1) is 27.4 Å². The van der Waals surface area contributed by atoms with E-state index in [1.165, 1.54) is 11.3 Å². The summed E-state index contributed by atoms with van der Waals surface area (Å²) in [6.45, 7) is 1.82. The molecule has 0 saturated heterocycles. The van der Waals surface area contributed by atoms with E-state index in [1.54, 1.807) is 19.1 Å². The Balaban J connectivity index is 1.62. The smallest absolute Gasteiger partial charge is 0.251 e. The van der Waals surface area contributed by atoms with Crippen LogP contribution in [0.25, 0.3) is 21.3 Å². The molecule has 1 amide bonds. The van der Waals surface area contributed by atoms with Crippen LogP contribution in [0.15, 0.2) is 36.4 Å². The molecule has 1 unspecified atom stereocenters. The second-order valence-electron chi connectivity index (χ2n) is 6.51. The van der Waals surface area contributed by atoms with Crippen molar-refractivity contribution < 1.29 is 9.90 Å². The third kappa shape index (κ3) is 3.66. The summed E-state index contributed by atoms with van der Waals surface area (Å²) in [5.41, 5.74) is 2.94. The van der Waals surface area contributed by atoms with Gasteiger partial charge < -0.3 is 20.3 Å². The maximum Gasteiger partial charge on any atom is 0.251 e. The van der Waals surface area contributed by atoms with Gasteiger partial charge in [0.2, 0.25) is 5.95 Å². The van der Waals surface area contributed by atoms with E-state index < -0.39 is 6.10 Å². The number of nitrogens with one attached hydrogen (secondary N) is 2. The van der Waals surface area contributed by atoms with E-state index in [0.29, 0.717) is 27.2 Å². The predicted octanol–water partition coefficient (Wildman–Crippen LogP) is 3.69. The number of carbonyl (C=O) groups excluding carboxylic acids is 1. The van der Waals surface area contributed by atoms with Gasteiger partial charge in [0, 0.05) is 24.2 Å². The van der Waals surface area contributed by atoms with Gasteiger partial charge in [-0.25, -0.2) is 9.97 Å². The van der Waals surface area contributed by atoms with Crippen molar-refractivity contribution in [2.45, 2.75) is 13.0 Å². The van der Waals surface area contributed by atoms with Gasteiger partial charge in [-0.15, -0.1) is 0 Å². The fourth-order valence-electron chi connectivity index (χ4n) is 2.84. The van der Waals surface area contributed by atoms with Gasteiger partial charge in [-0.3, -0.25) is 4.79 Å². The van der Waals surface area contributed by atoms with Crippen LogP contribution in [0, 0.1) is 0 Å². The molecule has 0 saturated carbocycles. The van der Waals surface area contributed by atoms with Crippen molar-refractivity contribution >= 4 is 61.2 Å². The van der Waals surface area contributed by atoms with E-state index in [0.717, 1.165) is 15.7 Å². The van der Waals surface area contributed by atoms with Gasteiger partial charge in [-0.1, -0.05) is 22.9 Å². The lowest BCUT2D eigenvalue weighted by molar-refractivity contribution is 0.0924. The summed E-state index contributed by atoms with van der Waals surface area (Å²) in [5, 5.41) is 16.6. The standard InChI is InChI=1S/C19H18ClN5O2S/c1-10(26)9-21-17(27)11-3-6-15-14(7-11)22-18(25(15)2)24-19-23-13-5-4-12(20)8-16(13)28-19/h3-8,10,26H,9H2,1-2H3,(H,21,27)(H,22,23,24). The number of fused-ring (bicyclic) bond motifs is 2. The molecule has 9 heteroatoms. The van der Waals surface area contributed by atoms with Crippen LogP contribution in [0.3, 0.4) is 0 Å². The topological polar surface area (TPSA) is 92.1 Å². The van der Waals surface area contributed by atoms with Gasteiger partial charge in [0.15, 0.2) is 5.13 Å². The maximum absolute atomic E-state index is 12.2. The van der Waals surface area contributed by atoms with Gasteiger partial charge in [-0.2, -0.15) is 0 Å². The number of hydrogen-bond acceptors (Lipinski definition) is 6. The highest BCUT2D eigenvalue weighted by molar-refractivity contribution is 7.22. The molecule has 0 spiro atoms. The predicted molar refractivity (Wildman–Crippen MR) is 113 cm³/mol. The minimum atomic E-state index is -0.595. The number of thiazole rings is 1. The van der Waals surface area contributed by atoms with E-state index in [1.807, 2.05) is 35.9 Å². The summed E-state index contributed by atoms with van der Waals surface area (Å²) in [6, 6.07) is 10.9. The Morgan fingerprint density at radius 1 is 1.25 bits per heavy atom. The quantitative estimate of drug-likeness (QED) is 0.462. The lowest BCUT2D eigenvalue weighted by Crippen LogP contribution is -2.30. The van der Waals surface area contributed by atoms with Crippen LogP contribution in [-0.4, -0.2) is 38.2 Å². The second-order valence-corrected chi connectivity index (χ2v) is 7.98. The van der Waals surface area contributed by atoms with Crippen LogP contribution >= 0.6 is 22.9 Å². The number of carbonyl (C=O) groups is 1. The van der Waals surface area contributed by atoms with Crippen molar-refractivity contribution in [1.29, 1.82) is 0 Å². The summed E-state index contributed by atoms with van der Waals surface area (Å²) in [7, 11) is 1.90. The monoisotopic (exact) mass is 415 g/mol. The average molecular weight is 416 g/mol. The number of aryl methyl sites for hydroxylation is 1. The molecule has 28 heavy (non-hydrogen) atoms. The fourth-order valence-corrected chi connectivity index (χ4v) is 3.98. The molecule has 3 N–H and O–H groups in total. The van der Waals surface area contributed by atoms with Crippen LogP contribution in [-0.2, 0) is 7.05 Å². The van der Waals surface area contributed by atoms with E-state index in [-0.39, 0.29) is 12.5 Å². The summed E-state index contributed by atoms with van der Waals surface area (Å²) >= 11 is 7.54. The molecule has 7 nitrogen and oxygen atoms in total. The summed E-state index contributed by atoms with van der Waals surface area (Å²) in [4.78, 5) is 21.4. The highest BCUT2D eigenvalue weighted by Crippen LogP contribution is 2.30. The fraction of sp³-hybridized carbons (Fsp3) is 0.211. The maximum atomic E-state index is 12.2. The lowest BCUT2D eigenvalue weighted by atomic mass is 10.2. The van der Waals surface area contributed by atoms with Crippen molar-refractivity contribution in [3.8, 4) is 0 Å². The normalized spacial score (nSPS) is 12.4. The molecule has 1 atom stereocenters. The van der Waals surface area contributed by atoms with Gasteiger partial charge in [-0.05, 0) is 43.3 Å². The van der Waals surface area contributed by atoms with Crippen molar-refractivity contribution in [3.63, 3.8) is 0 Å². The lowest BCUT2D eigenvalue weighted by Gasteiger charge is -2.07. The Labute approximate surface area is 170 Å². The van der Waals surface area contributed by atoms with Crippen molar-refractivity contribution in [2.75, 3.05) is 11.9 Å². The Kier molecular flexibility index (Phi) is 4.92. The Bertz CT molecular complexity index is 1180. The first-order chi connectivity index (χ1) is 13.4. The largest absolute Gasteiger partial charge is 0.392 e. The Hall–Kier alpha value is -2.68. The molecule has 0 aliphatic heterocycles. The average Bonchev–Trinajstić information content (AvgIpc) is 3.19. The van der Waals surface area contributed by atoms with Crippen LogP contribution in [0.2, 0.25) is 5.02 Å². The zero-order valence-corrected chi connectivity index (χ0v) is 16.8. The second kappa shape index (κ2) is 7.38. The number of halogens is 1. The zero-order chi connectivity index (χ0) is 19.8. The first-order valence-electron chi connectivity index (χ1n) is 8.66. The molecule has 0 radical (unpaired) electrons. The molecule has 4 aromatic rings. The Morgan fingerprint density at radius 3 is 2.86 bits per heavy atom. The first-order valence-corrected chi connectivity index (χ1v) is 9.86. The van der Waals surface area contributed by atoms with Crippen LogP contribution in [0.4, 0.5) is 11.1 Å². The SMILES string of the molecule is CC(O)CNC(=O)c1ccc2c(c1)nc(Nc1nc3ccc(Cl)cc3s1)n2C. The van der Waals surface area contributed by atoms with E-state index >= 15 is 0 Å². The number of nitrogens with zero attached hydrogens (tertiary/aromatic N) is 3. The molecule has 0 fully saturated rings. The third-order valence-electron chi connectivity index (χ3n) is 4.27. The van der Waals surface area contributed by atoms with Crippen LogP contribution in [0.5, 0.6) is 0 Å². The number of aliphatic hydroxyl groups is 1. The van der Waals surface area contributed by atoms with Crippen molar-refractivity contribution in [2.24, 2.45) is 7.05 Å². The van der Waals surface area contributed by atoms with Crippen LogP contribution in [0.1, 0.15) is 17.3 Å². The summed E-state index contributed by atoms with van der Waals surface area (Å²) < 4.78 is 2.90. The molecule has 2 aromatic carbocycles. The highest BCUT2D eigenvalue weighted by Gasteiger charge is 2.14. The number of benzene rings is 2. The summed E-state index contributed by atoms with van der Waals surface area (Å²) in [6.07, 6.45) is -0.595. The number of aliphatic hydroxyl groups excluding tert-OH is 1. The van der Waals surface area contributed by atoms with E-state index in [2.05, 4.69) is 20.6 Å². The molecular weight excluding hydrogens is 398 g/mol. The molecule has 4 rings (SSSR count). The first kappa shape index (κ1) is 18.7. The Morgan fingerprint density at radius 2 is 2.07 bits per heavy atom. The summed E-state index contributed by atoms with van der Waals surface area (Å²) in [5.74, 6) is 0.382. The van der Waals surface area contributed by atoms with Gasteiger partial charge in [0.1, 0.15) is 0 Å². The molecule has 0 bridgehead atoms. The minimum absolute atomic E-state index is 0.202. The molecule has 144 valence electrons. The number of amides is 1. The highest BCUT2D eigenvalue weighted by atomic mass is 35.5. The number of imidazole rings is 1. The number of aromatic nitrogens is 3. The molecular formula is C19H18ClN5O2S. The number of anilines is 2. The van der Waals surface area contributed by atoms with E-state index in [9.17, 15) is 9.90 Å². The van der Waals surface area contributed by atoms with Crippen LogP contribution < -0.4 is 10.6 Å². The third-order valence-corrected chi connectivity index (χ3v) is 5.44. The molecule has 2 aromatic heterocycles. The van der Waals surface area contributed by atoms with Gasteiger partial charge in [0.25, 0.3) is 5.91 Å².